The average Bonchev–Trinajstić information content (AvgIpc) is 2.77. The van der Waals surface area contributed by atoms with E-state index < -0.39 is 16.6 Å². The minimum Gasteiger partial charge on any atom is -0.444 e. The van der Waals surface area contributed by atoms with Gasteiger partial charge < -0.3 is 15.0 Å². The van der Waals surface area contributed by atoms with Crippen LogP contribution in [0, 0.1) is 0 Å². The van der Waals surface area contributed by atoms with Crippen molar-refractivity contribution in [2.75, 3.05) is 52.9 Å². The van der Waals surface area contributed by atoms with Crippen LogP contribution in [0.1, 0.15) is 40.0 Å². The number of hydrogen-bond donors (Lipinski definition) is 1. The number of benzene rings is 1. The Morgan fingerprint density at radius 3 is 2.47 bits per heavy atom. The summed E-state index contributed by atoms with van der Waals surface area (Å²) in [5.74, 6) is -0.0768. The second-order valence-electron chi connectivity index (χ2n) is 9.27. The summed E-state index contributed by atoms with van der Waals surface area (Å²) in [6.07, 6.45) is 1.83. The third-order valence-corrected chi connectivity index (χ3v) is 7.68. The molecule has 0 radical (unpaired) electrons. The molecule has 0 spiro atoms. The lowest BCUT2D eigenvalue weighted by atomic mass is 10.2. The summed E-state index contributed by atoms with van der Waals surface area (Å²) < 4.78 is 19.6. The van der Waals surface area contributed by atoms with Gasteiger partial charge in [-0.25, -0.2) is 13.3 Å². The summed E-state index contributed by atoms with van der Waals surface area (Å²) >= 11 is 12.1. The Kier molecular flexibility index (Phi) is 11.6. The van der Waals surface area contributed by atoms with E-state index in [0.29, 0.717) is 36.1 Å². The maximum Gasteiger partial charge on any atom is 0.410 e. The molecule has 1 unspecified atom stereocenters. The maximum atomic E-state index is 12.6. The number of piperazine rings is 1. The van der Waals surface area contributed by atoms with Gasteiger partial charge in [0.15, 0.2) is 0 Å². The van der Waals surface area contributed by atoms with E-state index in [0.717, 1.165) is 32.5 Å². The number of carbonyl (C=O) groups excluding carboxylic acids is 2. The highest BCUT2D eigenvalue weighted by Gasteiger charge is 2.25. The topological polar surface area (TPSA) is 82.2 Å². The maximum absolute atomic E-state index is 12.6. The molecule has 1 atom stereocenters. The molecule has 2 amide bonds. The van der Waals surface area contributed by atoms with E-state index in [2.05, 4.69) is 10.2 Å². The van der Waals surface area contributed by atoms with Gasteiger partial charge in [-0.3, -0.25) is 9.69 Å². The highest BCUT2D eigenvalue weighted by molar-refractivity contribution is 7.82. The minimum absolute atomic E-state index is 0.0768. The fourth-order valence-corrected chi connectivity index (χ4v) is 4.99. The zero-order valence-corrected chi connectivity index (χ0v) is 22.8. The Morgan fingerprint density at radius 1 is 1.15 bits per heavy atom. The normalized spacial score (nSPS) is 15.9. The molecule has 8 nitrogen and oxygen atoms in total. The second-order valence-corrected chi connectivity index (χ2v) is 11.6. The quantitative estimate of drug-likeness (QED) is 0.461. The SMILES string of the molecule is CN(CCC(=O)NCCCCN1CCN(C(=O)OC(C)(C)C)CC1)S(=O)c1cccc(Cl)c1Cl. The standard InChI is InChI=1S/C23H36Cl2N4O4S/c1-23(2,3)33-22(31)29-16-14-28(15-17-29)12-6-5-11-26-20(30)10-13-27(4)34(32)19-9-7-8-18(24)21(19)25/h7-9H,5-6,10-17H2,1-4H3,(H,26,30). The molecule has 1 aliphatic rings. The smallest absolute Gasteiger partial charge is 0.410 e. The Balaban J connectivity index is 1.57. The number of ether oxygens (including phenoxy) is 1. The fraction of sp³-hybridized carbons (Fsp3) is 0.652. The first-order chi connectivity index (χ1) is 16.0. The number of nitrogens with zero attached hydrogens (tertiary/aromatic N) is 3. The van der Waals surface area contributed by atoms with Crippen molar-refractivity contribution < 1.29 is 18.5 Å². The van der Waals surface area contributed by atoms with Gasteiger partial charge in [-0.15, -0.1) is 0 Å². The Bertz CT molecular complexity index is 858. The van der Waals surface area contributed by atoms with E-state index in [4.69, 9.17) is 27.9 Å². The molecule has 192 valence electrons. The van der Waals surface area contributed by atoms with Crippen molar-refractivity contribution >= 4 is 46.2 Å². The van der Waals surface area contributed by atoms with Crippen molar-refractivity contribution in [1.82, 2.24) is 19.4 Å². The van der Waals surface area contributed by atoms with Crippen LogP contribution in [0.15, 0.2) is 23.1 Å². The molecule has 0 saturated carbocycles. The van der Waals surface area contributed by atoms with E-state index in [9.17, 15) is 13.8 Å². The second kappa shape index (κ2) is 13.6. The van der Waals surface area contributed by atoms with Crippen LogP contribution in [0.25, 0.3) is 0 Å². The van der Waals surface area contributed by atoms with Crippen LogP contribution < -0.4 is 5.32 Å². The van der Waals surface area contributed by atoms with Crippen LogP contribution in [-0.4, -0.2) is 88.8 Å². The van der Waals surface area contributed by atoms with Crippen LogP contribution in [0.3, 0.4) is 0 Å². The van der Waals surface area contributed by atoms with Crippen LogP contribution >= 0.6 is 23.2 Å². The summed E-state index contributed by atoms with van der Waals surface area (Å²) in [7, 11) is 0.194. The zero-order chi connectivity index (χ0) is 25.3. The van der Waals surface area contributed by atoms with E-state index in [1.165, 1.54) is 0 Å². The van der Waals surface area contributed by atoms with Gasteiger partial charge in [0.05, 0.1) is 14.9 Å². The number of nitrogens with one attached hydrogen (secondary N) is 1. The predicted octanol–water partition coefficient (Wildman–Crippen LogP) is 3.79. The fourth-order valence-electron chi connectivity index (χ4n) is 3.39. The Morgan fingerprint density at radius 2 is 1.82 bits per heavy atom. The van der Waals surface area contributed by atoms with E-state index in [-0.39, 0.29) is 23.4 Å². The molecule has 0 aromatic heterocycles. The van der Waals surface area contributed by atoms with Gasteiger partial charge in [0, 0.05) is 52.7 Å². The molecule has 1 aromatic carbocycles. The Labute approximate surface area is 215 Å². The summed E-state index contributed by atoms with van der Waals surface area (Å²) in [5, 5.41) is 3.54. The molecule has 1 aliphatic heterocycles. The molecule has 1 N–H and O–H groups in total. The van der Waals surface area contributed by atoms with Gasteiger partial charge in [0.25, 0.3) is 0 Å². The molecule has 34 heavy (non-hydrogen) atoms. The highest BCUT2D eigenvalue weighted by Crippen LogP contribution is 2.28. The first-order valence-corrected chi connectivity index (χ1v) is 13.4. The number of amides is 2. The van der Waals surface area contributed by atoms with E-state index in [1.807, 2.05) is 20.8 Å². The van der Waals surface area contributed by atoms with Crippen LogP contribution in [0.4, 0.5) is 4.79 Å². The summed E-state index contributed by atoms with van der Waals surface area (Å²) in [6.45, 7) is 10.5. The lowest BCUT2D eigenvalue weighted by Crippen LogP contribution is -2.50. The highest BCUT2D eigenvalue weighted by atomic mass is 35.5. The molecule has 1 heterocycles. The minimum atomic E-state index is -1.49. The van der Waals surface area contributed by atoms with Gasteiger partial charge in [0.2, 0.25) is 5.91 Å². The molecule has 0 aliphatic carbocycles. The molecule has 1 fully saturated rings. The summed E-state index contributed by atoms with van der Waals surface area (Å²) in [4.78, 5) is 28.8. The molecule has 1 aromatic rings. The lowest BCUT2D eigenvalue weighted by Gasteiger charge is -2.35. The third kappa shape index (κ3) is 9.70. The van der Waals surface area contributed by atoms with Gasteiger partial charge in [0.1, 0.15) is 16.6 Å². The molecular formula is C23H36Cl2N4O4S. The van der Waals surface area contributed by atoms with Gasteiger partial charge >= 0.3 is 6.09 Å². The number of halogens is 2. The van der Waals surface area contributed by atoms with Crippen LogP contribution in [0.5, 0.6) is 0 Å². The largest absolute Gasteiger partial charge is 0.444 e. The summed E-state index contributed by atoms with van der Waals surface area (Å²) in [5.41, 5.74) is -0.477. The average molecular weight is 536 g/mol. The van der Waals surface area contributed by atoms with Crippen molar-refractivity contribution in [3.05, 3.63) is 28.2 Å². The van der Waals surface area contributed by atoms with Crippen LogP contribution in [0.2, 0.25) is 10.0 Å². The molecule has 11 heteroatoms. The van der Waals surface area contributed by atoms with Gasteiger partial charge in [-0.2, -0.15) is 0 Å². The van der Waals surface area contributed by atoms with Crippen molar-refractivity contribution in [2.45, 2.75) is 50.5 Å². The van der Waals surface area contributed by atoms with Crippen molar-refractivity contribution in [3.8, 4) is 0 Å². The number of hydrogen-bond acceptors (Lipinski definition) is 5. The molecular weight excluding hydrogens is 499 g/mol. The molecule has 2 rings (SSSR count). The third-order valence-electron chi connectivity index (χ3n) is 5.29. The van der Waals surface area contributed by atoms with Gasteiger partial charge in [-0.05, 0) is 52.3 Å². The lowest BCUT2D eigenvalue weighted by molar-refractivity contribution is -0.121. The number of carbonyl (C=O) groups is 2. The molecule has 0 bridgehead atoms. The van der Waals surface area contributed by atoms with E-state index >= 15 is 0 Å². The van der Waals surface area contributed by atoms with Crippen molar-refractivity contribution in [2.24, 2.45) is 0 Å². The van der Waals surface area contributed by atoms with Crippen molar-refractivity contribution in [3.63, 3.8) is 0 Å². The predicted molar refractivity (Wildman–Crippen MR) is 137 cm³/mol. The number of rotatable bonds is 10. The molecule has 1 saturated heterocycles. The first-order valence-electron chi connectivity index (χ1n) is 11.5. The number of unbranched alkanes of at least 4 members (excludes halogenated alkanes) is 1. The monoisotopic (exact) mass is 534 g/mol. The first kappa shape index (κ1) is 28.8. The van der Waals surface area contributed by atoms with E-state index in [1.54, 1.807) is 34.5 Å². The van der Waals surface area contributed by atoms with Crippen LogP contribution in [-0.2, 0) is 20.5 Å². The van der Waals surface area contributed by atoms with Crippen molar-refractivity contribution in [1.29, 1.82) is 0 Å². The Hall–Kier alpha value is -1.39. The summed E-state index contributed by atoms with van der Waals surface area (Å²) in [6, 6.07) is 5.00. The zero-order valence-electron chi connectivity index (χ0n) is 20.4. The van der Waals surface area contributed by atoms with Gasteiger partial charge in [-0.1, -0.05) is 29.3 Å².